The minimum Gasteiger partial charge on any atom is -0.351 e. The van der Waals surface area contributed by atoms with E-state index in [0.29, 0.717) is 11.4 Å². The van der Waals surface area contributed by atoms with Crippen LogP contribution in [0.15, 0.2) is 39.8 Å². The fourth-order valence-corrected chi connectivity index (χ4v) is 3.06. The van der Waals surface area contributed by atoms with E-state index in [0.717, 1.165) is 12.7 Å². The van der Waals surface area contributed by atoms with Crippen LogP contribution >= 0.6 is 0 Å². The third-order valence-electron chi connectivity index (χ3n) is 3.79. The molecule has 0 aliphatic heterocycles. The van der Waals surface area contributed by atoms with E-state index in [-0.39, 0.29) is 16.6 Å². The second-order valence-corrected chi connectivity index (χ2v) is 7.51. The number of hydrogen-bond acceptors (Lipinski definition) is 5. The summed E-state index contributed by atoms with van der Waals surface area (Å²) < 4.78 is 28.9. The van der Waals surface area contributed by atoms with Gasteiger partial charge in [0.15, 0.2) is 9.84 Å². The van der Waals surface area contributed by atoms with E-state index in [9.17, 15) is 13.2 Å². The maximum atomic E-state index is 12.5. The molecule has 0 spiro atoms. The summed E-state index contributed by atoms with van der Waals surface area (Å²) in [5.74, 6) is -0.164. The highest BCUT2D eigenvalue weighted by atomic mass is 32.2. The lowest BCUT2D eigenvalue weighted by molar-refractivity contribution is 0.0957. The molecule has 1 amide bonds. The maximum absolute atomic E-state index is 12.5. The first-order chi connectivity index (χ1) is 10.8. The van der Waals surface area contributed by atoms with Gasteiger partial charge < -0.3 is 9.42 Å². The van der Waals surface area contributed by atoms with Gasteiger partial charge in [0.2, 0.25) is 5.76 Å². The molecule has 0 aliphatic rings. The van der Waals surface area contributed by atoms with E-state index >= 15 is 0 Å². The van der Waals surface area contributed by atoms with Crippen molar-refractivity contribution in [2.24, 2.45) is 0 Å². The van der Waals surface area contributed by atoms with E-state index in [1.165, 1.54) is 18.0 Å². The average molecular weight is 336 g/mol. The fourth-order valence-electron chi connectivity index (χ4n) is 2.15. The zero-order valence-corrected chi connectivity index (χ0v) is 14.4. The lowest BCUT2D eigenvalue weighted by Gasteiger charge is -2.18. The van der Waals surface area contributed by atoms with Crippen molar-refractivity contribution >= 4 is 21.4 Å². The van der Waals surface area contributed by atoms with Crippen LogP contribution in [-0.4, -0.2) is 32.8 Å². The van der Waals surface area contributed by atoms with Gasteiger partial charge in [-0.1, -0.05) is 31.1 Å². The van der Waals surface area contributed by atoms with Crippen LogP contribution in [0.5, 0.6) is 0 Å². The number of benzene rings is 1. The summed E-state index contributed by atoms with van der Waals surface area (Å²) in [5.41, 5.74) is 1.02. The lowest BCUT2D eigenvalue weighted by Crippen LogP contribution is -2.27. The van der Waals surface area contributed by atoms with Gasteiger partial charge in [-0.15, -0.1) is 0 Å². The van der Waals surface area contributed by atoms with Gasteiger partial charge in [-0.2, -0.15) is 0 Å². The predicted octanol–water partition coefficient (Wildman–Crippen LogP) is 2.87. The minimum atomic E-state index is -3.45. The summed E-state index contributed by atoms with van der Waals surface area (Å²) in [6.07, 6.45) is 1.99. The molecule has 2 aromatic rings. The second-order valence-electron chi connectivity index (χ2n) is 5.53. The predicted molar refractivity (Wildman–Crippen MR) is 87.5 cm³/mol. The molecule has 1 aromatic heterocycles. The van der Waals surface area contributed by atoms with Crippen LogP contribution in [0.4, 0.5) is 5.69 Å². The number of anilines is 1. The number of amides is 1. The van der Waals surface area contributed by atoms with Crippen LogP contribution in [0.25, 0.3) is 0 Å². The molecule has 0 saturated heterocycles. The summed E-state index contributed by atoms with van der Waals surface area (Å²) in [6.45, 7) is 4.02. The van der Waals surface area contributed by atoms with Crippen molar-refractivity contribution in [1.82, 2.24) is 5.16 Å². The minimum absolute atomic E-state index is 0.0890. The highest BCUT2D eigenvalue weighted by Gasteiger charge is 2.24. The van der Waals surface area contributed by atoms with E-state index in [2.05, 4.69) is 5.16 Å². The summed E-state index contributed by atoms with van der Waals surface area (Å²) in [6, 6.07) is 7.96. The Morgan fingerprint density at radius 2 is 2.00 bits per heavy atom. The summed E-state index contributed by atoms with van der Waals surface area (Å²) in [7, 11) is -1.93. The summed E-state index contributed by atoms with van der Waals surface area (Å²) >= 11 is 0. The van der Waals surface area contributed by atoms with Crippen molar-refractivity contribution in [2.75, 3.05) is 18.2 Å². The van der Waals surface area contributed by atoms with Gasteiger partial charge in [0, 0.05) is 25.3 Å². The third-order valence-corrected chi connectivity index (χ3v) is 4.93. The molecule has 7 heteroatoms. The number of nitrogens with zero attached hydrogens (tertiary/aromatic N) is 2. The topological polar surface area (TPSA) is 80.5 Å². The number of para-hydroxylation sites is 1. The van der Waals surface area contributed by atoms with Gasteiger partial charge in [0.05, 0.1) is 16.3 Å². The van der Waals surface area contributed by atoms with Crippen LogP contribution in [0, 0.1) is 0 Å². The van der Waals surface area contributed by atoms with E-state index in [4.69, 9.17) is 4.52 Å². The van der Waals surface area contributed by atoms with Crippen molar-refractivity contribution < 1.29 is 17.7 Å². The standard InChI is InChI=1S/C16H20N2O4S/c1-5-11(2)12-10-14(22-17-12)16(19)18(3)13-8-6-7-9-15(13)23(4,20)21/h6-11H,5H2,1-4H3/t11-/m0/s1. The highest BCUT2D eigenvalue weighted by Crippen LogP contribution is 2.26. The van der Waals surface area contributed by atoms with Crippen LogP contribution in [-0.2, 0) is 9.84 Å². The zero-order valence-electron chi connectivity index (χ0n) is 13.6. The normalized spacial score (nSPS) is 12.9. The van der Waals surface area contributed by atoms with E-state index in [1.54, 1.807) is 24.3 Å². The van der Waals surface area contributed by atoms with Crippen LogP contribution in [0.2, 0.25) is 0 Å². The first-order valence-electron chi connectivity index (χ1n) is 7.29. The Labute approximate surface area is 136 Å². The third kappa shape index (κ3) is 3.61. The number of aromatic nitrogens is 1. The molecule has 2 rings (SSSR count). The molecule has 0 saturated carbocycles. The smallest absolute Gasteiger partial charge is 0.296 e. The van der Waals surface area contributed by atoms with Crippen molar-refractivity contribution in [2.45, 2.75) is 31.1 Å². The van der Waals surface area contributed by atoms with Crippen molar-refractivity contribution in [3.8, 4) is 0 Å². The lowest BCUT2D eigenvalue weighted by atomic mass is 10.1. The fraction of sp³-hybridized carbons (Fsp3) is 0.375. The molecular weight excluding hydrogens is 316 g/mol. The number of rotatable bonds is 5. The van der Waals surface area contributed by atoms with Crippen molar-refractivity contribution in [1.29, 1.82) is 0 Å². The Hall–Kier alpha value is -2.15. The van der Waals surface area contributed by atoms with Crippen molar-refractivity contribution in [3.05, 3.63) is 41.8 Å². The number of sulfone groups is 1. The average Bonchev–Trinajstić information content (AvgIpc) is 3.01. The Morgan fingerprint density at radius 3 is 2.61 bits per heavy atom. The Kier molecular flexibility index (Phi) is 4.89. The van der Waals surface area contributed by atoms with Gasteiger partial charge >= 0.3 is 0 Å². The number of carbonyl (C=O) groups is 1. The first-order valence-corrected chi connectivity index (χ1v) is 9.18. The van der Waals surface area contributed by atoms with Crippen molar-refractivity contribution in [3.63, 3.8) is 0 Å². The second kappa shape index (κ2) is 6.54. The molecule has 0 unspecified atom stereocenters. The largest absolute Gasteiger partial charge is 0.351 e. The van der Waals surface area contributed by atoms with Gasteiger partial charge in [0.25, 0.3) is 5.91 Å². The van der Waals surface area contributed by atoms with Gasteiger partial charge in [0.1, 0.15) is 0 Å². The Morgan fingerprint density at radius 1 is 1.35 bits per heavy atom. The monoisotopic (exact) mass is 336 g/mol. The highest BCUT2D eigenvalue weighted by molar-refractivity contribution is 7.90. The molecule has 1 aromatic carbocycles. The molecule has 0 bridgehead atoms. The molecule has 0 aliphatic carbocycles. The quantitative estimate of drug-likeness (QED) is 0.838. The molecule has 0 fully saturated rings. The van der Waals surface area contributed by atoms with Crippen LogP contribution in [0.1, 0.15) is 42.4 Å². The van der Waals surface area contributed by atoms with Gasteiger partial charge in [-0.05, 0) is 18.6 Å². The van der Waals surface area contributed by atoms with Gasteiger partial charge in [-0.3, -0.25) is 4.79 Å². The zero-order chi connectivity index (χ0) is 17.2. The molecule has 1 atom stereocenters. The Bertz CT molecular complexity index is 811. The SMILES string of the molecule is CC[C@H](C)c1cc(C(=O)N(C)c2ccccc2S(C)(=O)=O)on1. The molecule has 124 valence electrons. The Balaban J connectivity index is 2.36. The molecule has 0 radical (unpaired) electrons. The molecule has 6 nitrogen and oxygen atoms in total. The van der Waals surface area contributed by atoms with Gasteiger partial charge in [-0.25, -0.2) is 8.42 Å². The molecular formula is C16H20N2O4S. The molecule has 1 heterocycles. The van der Waals surface area contributed by atoms with E-state index < -0.39 is 15.7 Å². The number of hydrogen-bond donors (Lipinski definition) is 0. The summed E-state index contributed by atoms with van der Waals surface area (Å²) in [5, 5.41) is 3.91. The molecule has 0 N–H and O–H groups in total. The van der Waals surface area contributed by atoms with Crippen LogP contribution < -0.4 is 4.90 Å². The van der Waals surface area contributed by atoms with E-state index in [1.807, 2.05) is 13.8 Å². The molecule has 23 heavy (non-hydrogen) atoms. The maximum Gasteiger partial charge on any atom is 0.296 e. The van der Waals surface area contributed by atoms with Crippen LogP contribution in [0.3, 0.4) is 0 Å². The number of carbonyl (C=O) groups excluding carboxylic acids is 1. The first kappa shape index (κ1) is 17.2. The summed E-state index contributed by atoms with van der Waals surface area (Å²) in [4.78, 5) is 13.9.